The minimum Gasteiger partial charge on any atom is -0.368 e. The largest absolute Gasteiger partial charge is 0.368 e. The van der Waals surface area contributed by atoms with Crippen molar-refractivity contribution < 1.29 is 0 Å². The molecule has 1 aromatic rings. The second-order valence-corrected chi connectivity index (χ2v) is 2.16. The highest BCUT2D eigenvalue weighted by molar-refractivity contribution is 5.18. The Balaban J connectivity index is 2.89. The zero-order chi connectivity index (χ0) is 7.56. The maximum atomic E-state index is 5.54. The minimum atomic E-state index is -0.0272. The van der Waals surface area contributed by atoms with Gasteiger partial charge in [-0.25, -0.2) is 9.97 Å². The topological polar surface area (TPSA) is 77.8 Å². The molecule has 4 heteroatoms. The van der Waals surface area contributed by atoms with E-state index in [0.29, 0.717) is 0 Å². The van der Waals surface area contributed by atoms with Crippen LogP contribution < -0.4 is 11.5 Å². The summed E-state index contributed by atoms with van der Waals surface area (Å²) in [6, 6.07) is -0.0272. The van der Waals surface area contributed by atoms with E-state index in [4.69, 9.17) is 11.5 Å². The van der Waals surface area contributed by atoms with E-state index < -0.39 is 0 Å². The van der Waals surface area contributed by atoms with Gasteiger partial charge in [-0.15, -0.1) is 0 Å². The van der Waals surface area contributed by atoms with Crippen LogP contribution in [0.25, 0.3) is 0 Å². The first kappa shape index (κ1) is 6.95. The van der Waals surface area contributed by atoms with Crippen LogP contribution in [0.5, 0.6) is 0 Å². The van der Waals surface area contributed by atoms with Crippen LogP contribution in [-0.2, 0) is 0 Å². The van der Waals surface area contributed by atoms with Gasteiger partial charge in [-0.05, 0) is 6.92 Å². The van der Waals surface area contributed by atoms with Gasteiger partial charge in [-0.2, -0.15) is 0 Å². The Labute approximate surface area is 59.3 Å². The molecule has 0 aliphatic carbocycles. The smallest absolute Gasteiger partial charge is 0.219 e. The molecule has 0 spiro atoms. The van der Waals surface area contributed by atoms with E-state index in [2.05, 4.69) is 9.97 Å². The molecule has 0 aromatic carbocycles. The highest BCUT2D eigenvalue weighted by Crippen LogP contribution is 2.05. The lowest BCUT2D eigenvalue weighted by Gasteiger charge is -2.02. The molecule has 0 saturated carbocycles. The van der Waals surface area contributed by atoms with Crippen molar-refractivity contribution in [3.8, 4) is 0 Å². The van der Waals surface area contributed by atoms with E-state index in [1.165, 1.54) is 0 Å². The molecule has 1 atom stereocenters. The first-order valence-electron chi connectivity index (χ1n) is 3.03. The van der Waals surface area contributed by atoms with Gasteiger partial charge in [0, 0.05) is 24.0 Å². The maximum absolute atomic E-state index is 5.54. The van der Waals surface area contributed by atoms with Crippen LogP contribution in [-0.4, -0.2) is 9.97 Å². The van der Waals surface area contributed by atoms with Crippen LogP contribution in [0.2, 0.25) is 0 Å². The number of nitrogens with zero attached hydrogens (tertiary/aromatic N) is 2. The lowest BCUT2D eigenvalue weighted by molar-refractivity contribution is 0.804. The fraction of sp³-hybridized carbons (Fsp3) is 0.333. The van der Waals surface area contributed by atoms with Gasteiger partial charge >= 0.3 is 0 Å². The van der Waals surface area contributed by atoms with Crippen molar-refractivity contribution in [1.82, 2.24) is 9.97 Å². The van der Waals surface area contributed by atoms with Crippen LogP contribution in [0.15, 0.2) is 12.4 Å². The van der Waals surface area contributed by atoms with Gasteiger partial charge in [0.25, 0.3) is 0 Å². The molecule has 0 aliphatic rings. The van der Waals surface area contributed by atoms with E-state index in [-0.39, 0.29) is 12.0 Å². The van der Waals surface area contributed by atoms with Gasteiger partial charge < -0.3 is 11.5 Å². The van der Waals surface area contributed by atoms with E-state index in [1.54, 1.807) is 12.4 Å². The van der Waals surface area contributed by atoms with Crippen LogP contribution in [0, 0.1) is 0 Å². The molecule has 10 heavy (non-hydrogen) atoms. The number of aromatic nitrogens is 2. The fourth-order valence-corrected chi connectivity index (χ4v) is 0.583. The molecule has 4 N–H and O–H groups in total. The third kappa shape index (κ3) is 1.41. The molecule has 0 amide bonds. The van der Waals surface area contributed by atoms with Gasteiger partial charge in [0.1, 0.15) is 0 Å². The summed E-state index contributed by atoms with van der Waals surface area (Å²) in [7, 11) is 0. The highest BCUT2D eigenvalue weighted by Gasteiger charge is 1.98. The SMILES string of the molecule is CC(N)c1cnc(N)nc1. The highest BCUT2D eigenvalue weighted by atomic mass is 15.0. The Morgan fingerprint density at radius 2 is 1.90 bits per heavy atom. The zero-order valence-corrected chi connectivity index (χ0v) is 5.78. The molecule has 0 bridgehead atoms. The number of hydrogen-bond donors (Lipinski definition) is 2. The number of hydrogen-bond acceptors (Lipinski definition) is 4. The average Bonchev–Trinajstić information content (AvgIpc) is 1.88. The Hall–Kier alpha value is -1.16. The molecule has 0 aliphatic heterocycles. The van der Waals surface area contributed by atoms with E-state index in [1.807, 2.05) is 6.92 Å². The maximum Gasteiger partial charge on any atom is 0.219 e. The summed E-state index contributed by atoms with van der Waals surface area (Å²) in [5, 5.41) is 0. The van der Waals surface area contributed by atoms with Crippen molar-refractivity contribution in [1.29, 1.82) is 0 Å². The van der Waals surface area contributed by atoms with Crippen molar-refractivity contribution in [3.63, 3.8) is 0 Å². The lowest BCUT2D eigenvalue weighted by atomic mass is 10.2. The van der Waals surface area contributed by atoms with Gasteiger partial charge in [0.2, 0.25) is 5.95 Å². The number of nitrogen functional groups attached to an aromatic ring is 1. The molecule has 0 saturated heterocycles. The third-order valence-corrected chi connectivity index (χ3v) is 1.22. The number of anilines is 1. The summed E-state index contributed by atoms with van der Waals surface area (Å²) in [4.78, 5) is 7.57. The van der Waals surface area contributed by atoms with Crippen LogP contribution in [0.3, 0.4) is 0 Å². The van der Waals surface area contributed by atoms with Crippen molar-refractivity contribution >= 4 is 5.95 Å². The Morgan fingerprint density at radius 3 is 2.30 bits per heavy atom. The van der Waals surface area contributed by atoms with Crippen molar-refractivity contribution in [2.24, 2.45) is 5.73 Å². The molecule has 1 heterocycles. The molecule has 0 radical (unpaired) electrons. The Morgan fingerprint density at radius 1 is 1.40 bits per heavy atom. The average molecular weight is 138 g/mol. The summed E-state index contributed by atoms with van der Waals surface area (Å²) < 4.78 is 0. The summed E-state index contributed by atoms with van der Waals surface area (Å²) in [5.41, 5.74) is 11.7. The molecule has 54 valence electrons. The summed E-state index contributed by atoms with van der Waals surface area (Å²) in [6.45, 7) is 1.87. The molecular formula is C6H10N4. The summed E-state index contributed by atoms with van der Waals surface area (Å²) in [6.07, 6.45) is 3.26. The molecule has 0 fully saturated rings. The van der Waals surface area contributed by atoms with Crippen molar-refractivity contribution in [2.75, 3.05) is 5.73 Å². The first-order chi connectivity index (χ1) is 4.70. The van der Waals surface area contributed by atoms with Crippen LogP contribution in [0.1, 0.15) is 18.5 Å². The lowest BCUT2D eigenvalue weighted by Crippen LogP contribution is -2.06. The predicted octanol–water partition coefficient (Wildman–Crippen LogP) is 0.0785. The zero-order valence-electron chi connectivity index (χ0n) is 5.78. The Bertz CT molecular complexity index is 203. The number of rotatable bonds is 1. The van der Waals surface area contributed by atoms with Crippen molar-refractivity contribution in [2.45, 2.75) is 13.0 Å². The van der Waals surface area contributed by atoms with Gasteiger partial charge in [0.15, 0.2) is 0 Å². The molecule has 1 unspecified atom stereocenters. The predicted molar refractivity (Wildman–Crippen MR) is 39.0 cm³/mol. The molecular weight excluding hydrogens is 128 g/mol. The van der Waals surface area contributed by atoms with Crippen molar-refractivity contribution in [3.05, 3.63) is 18.0 Å². The third-order valence-electron chi connectivity index (χ3n) is 1.22. The normalized spacial score (nSPS) is 13.0. The van der Waals surface area contributed by atoms with Gasteiger partial charge in [-0.1, -0.05) is 0 Å². The second-order valence-electron chi connectivity index (χ2n) is 2.16. The van der Waals surface area contributed by atoms with E-state index >= 15 is 0 Å². The van der Waals surface area contributed by atoms with Crippen LogP contribution in [0.4, 0.5) is 5.95 Å². The number of nitrogens with two attached hydrogens (primary N) is 2. The van der Waals surface area contributed by atoms with Gasteiger partial charge in [0.05, 0.1) is 0 Å². The summed E-state index contributed by atoms with van der Waals surface area (Å²) in [5.74, 6) is 0.282. The molecule has 4 nitrogen and oxygen atoms in total. The van der Waals surface area contributed by atoms with Crippen LogP contribution >= 0.6 is 0 Å². The fourth-order valence-electron chi connectivity index (χ4n) is 0.583. The monoisotopic (exact) mass is 138 g/mol. The summed E-state index contributed by atoms with van der Waals surface area (Å²) >= 11 is 0. The Kier molecular flexibility index (Phi) is 1.82. The standard InChI is InChI=1S/C6H10N4/c1-4(7)5-2-9-6(8)10-3-5/h2-4H,7H2,1H3,(H2,8,9,10). The van der Waals surface area contributed by atoms with Gasteiger partial charge in [-0.3, -0.25) is 0 Å². The van der Waals surface area contributed by atoms with E-state index in [0.717, 1.165) is 5.56 Å². The molecule has 1 aromatic heterocycles. The van der Waals surface area contributed by atoms with E-state index in [9.17, 15) is 0 Å². The second kappa shape index (κ2) is 2.62. The molecule has 1 rings (SSSR count). The minimum absolute atomic E-state index is 0.0272. The first-order valence-corrected chi connectivity index (χ1v) is 3.03. The quantitative estimate of drug-likeness (QED) is 0.576.